The van der Waals surface area contributed by atoms with Gasteiger partial charge in [0.15, 0.2) is 0 Å². The predicted octanol–water partition coefficient (Wildman–Crippen LogP) is 4.41. The molecule has 134 valence electrons. The molecule has 0 saturated heterocycles. The lowest BCUT2D eigenvalue weighted by Gasteiger charge is -2.09. The number of fused-ring (bicyclic) bond motifs is 1. The summed E-state index contributed by atoms with van der Waals surface area (Å²) in [5.74, 6) is -0.147. The number of H-pyrrole nitrogens is 1. The van der Waals surface area contributed by atoms with E-state index in [4.69, 9.17) is 4.74 Å². The van der Waals surface area contributed by atoms with Crippen LogP contribution < -0.4 is 0 Å². The van der Waals surface area contributed by atoms with Gasteiger partial charge in [-0.2, -0.15) is 0 Å². The Kier molecular flexibility index (Phi) is 5.32. The minimum absolute atomic E-state index is 0.0564. The average molecular weight is 368 g/mol. The van der Waals surface area contributed by atoms with Crippen molar-refractivity contribution in [3.63, 3.8) is 0 Å². The number of carbonyl (C=O) groups is 1. The fourth-order valence-electron chi connectivity index (χ4n) is 2.70. The molecule has 2 aromatic carbocycles. The Morgan fingerprint density at radius 1 is 1.23 bits per heavy atom. The Bertz CT molecular complexity index is 959. The number of esters is 1. The lowest BCUT2D eigenvalue weighted by atomic mass is 10.2. The summed E-state index contributed by atoms with van der Waals surface area (Å²) in [6.07, 6.45) is 0. The first kappa shape index (κ1) is 18.1. The van der Waals surface area contributed by atoms with E-state index in [0.29, 0.717) is 5.82 Å². The molecular weight excluding hydrogens is 348 g/mol. The molecule has 3 rings (SSSR count). The lowest BCUT2D eigenvalue weighted by Crippen LogP contribution is -2.09. The predicted molar refractivity (Wildman–Crippen MR) is 104 cm³/mol. The van der Waals surface area contributed by atoms with E-state index in [0.717, 1.165) is 21.5 Å². The van der Waals surface area contributed by atoms with Crippen LogP contribution >= 0.6 is 11.8 Å². The molecule has 5 nitrogen and oxygen atoms in total. The van der Waals surface area contributed by atoms with E-state index in [1.54, 1.807) is 0 Å². The van der Waals surface area contributed by atoms with E-state index in [1.165, 1.54) is 24.4 Å². The highest BCUT2D eigenvalue weighted by Crippen LogP contribution is 2.28. The normalized spacial score (nSPS) is 12.1. The first-order valence-electron chi connectivity index (χ1n) is 8.15. The number of hydrogen-bond donors (Lipinski definition) is 2. The van der Waals surface area contributed by atoms with Crippen LogP contribution in [0, 0.1) is 13.8 Å². The van der Waals surface area contributed by atoms with Gasteiger partial charge < -0.3 is 14.8 Å². The van der Waals surface area contributed by atoms with Crippen molar-refractivity contribution in [3.05, 3.63) is 65.2 Å². The van der Waals surface area contributed by atoms with Crippen LogP contribution in [0.5, 0.6) is 0 Å². The van der Waals surface area contributed by atoms with E-state index >= 15 is 0 Å². The molecule has 3 aromatic rings. The second kappa shape index (κ2) is 7.66. The number of nitrogens with one attached hydrogen (secondary N) is 1. The van der Waals surface area contributed by atoms with Gasteiger partial charge in [0, 0.05) is 4.90 Å². The molecule has 0 atom stereocenters. The molecule has 0 bridgehead atoms. The highest BCUT2D eigenvalue weighted by Gasteiger charge is 2.22. The highest BCUT2D eigenvalue weighted by atomic mass is 32.2. The molecule has 0 aliphatic rings. The second-order valence-corrected chi connectivity index (χ2v) is 6.99. The number of hydrogen-bond acceptors (Lipinski definition) is 5. The number of rotatable bonds is 5. The molecule has 0 spiro atoms. The SMILES string of the molecule is COC(=O)/C(=C(/O)CSc1ccc(C)cc1C)c1nc2ccccc2[nH]1. The molecule has 1 aromatic heterocycles. The van der Waals surface area contributed by atoms with Crippen molar-refractivity contribution < 1.29 is 14.6 Å². The smallest absolute Gasteiger partial charge is 0.345 e. The standard InChI is InChI=1S/C20H20N2O3S/c1-12-8-9-17(13(2)10-12)26-11-16(23)18(20(24)25-3)19-21-14-6-4-5-7-15(14)22-19/h4-10,23H,11H2,1-3H3,(H,21,22)/b18-16+. The number of ether oxygens (including phenoxy) is 1. The first-order chi connectivity index (χ1) is 12.5. The number of aryl methyl sites for hydroxylation is 2. The molecule has 0 aliphatic heterocycles. The number of carbonyl (C=O) groups excluding carboxylic acids is 1. The van der Waals surface area contributed by atoms with E-state index < -0.39 is 5.97 Å². The number of aliphatic hydroxyl groups excluding tert-OH is 1. The van der Waals surface area contributed by atoms with Gasteiger partial charge in [0.25, 0.3) is 0 Å². The molecule has 0 unspecified atom stereocenters. The highest BCUT2D eigenvalue weighted by molar-refractivity contribution is 7.99. The summed E-state index contributed by atoms with van der Waals surface area (Å²) in [7, 11) is 1.29. The Morgan fingerprint density at radius 3 is 2.69 bits per heavy atom. The Labute approximate surface area is 156 Å². The number of nitrogens with zero attached hydrogens (tertiary/aromatic N) is 1. The third-order valence-corrected chi connectivity index (χ3v) is 5.19. The third-order valence-electron chi connectivity index (χ3n) is 4.00. The maximum atomic E-state index is 12.2. The molecule has 6 heteroatoms. The monoisotopic (exact) mass is 368 g/mol. The van der Waals surface area contributed by atoms with Crippen molar-refractivity contribution in [2.24, 2.45) is 0 Å². The third kappa shape index (κ3) is 3.75. The Balaban J connectivity index is 1.93. The zero-order valence-corrected chi connectivity index (χ0v) is 15.7. The summed E-state index contributed by atoms with van der Waals surface area (Å²) in [6, 6.07) is 13.6. The number of para-hydroxylation sites is 2. The van der Waals surface area contributed by atoms with Crippen LogP contribution in [-0.4, -0.2) is 33.9 Å². The maximum absolute atomic E-state index is 12.2. The molecule has 1 heterocycles. The number of aromatic amines is 1. The van der Waals surface area contributed by atoms with Gasteiger partial charge in [-0.05, 0) is 37.6 Å². The van der Waals surface area contributed by atoms with Crippen LogP contribution in [0.3, 0.4) is 0 Å². The van der Waals surface area contributed by atoms with Crippen LogP contribution in [-0.2, 0) is 9.53 Å². The van der Waals surface area contributed by atoms with Crippen LogP contribution in [0.1, 0.15) is 17.0 Å². The van der Waals surface area contributed by atoms with Gasteiger partial charge >= 0.3 is 5.97 Å². The van der Waals surface area contributed by atoms with E-state index in [1.807, 2.05) is 50.2 Å². The maximum Gasteiger partial charge on any atom is 0.345 e. The van der Waals surface area contributed by atoms with Gasteiger partial charge in [-0.15, -0.1) is 11.8 Å². The quantitative estimate of drug-likeness (QED) is 0.302. The van der Waals surface area contributed by atoms with Crippen LogP contribution in [0.25, 0.3) is 16.6 Å². The van der Waals surface area contributed by atoms with Crippen LogP contribution in [0.4, 0.5) is 0 Å². The zero-order chi connectivity index (χ0) is 18.7. The van der Waals surface area contributed by atoms with E-state index in [-0.39, 0.29) is 17.1 Å². The fourth-order valence-corrected chi connectivity index (χ4v) is 3.59. The number of imidazole rings is 1. The number of benzene rings is 2. The summed E-state index contributed by atoms with van der Waals surface area (Å²) in [5.41, 5.74) is 3.88. The van der Waals surface area contributed by atoms with E-state index in [9.17, 15) is 9.90 Å². The number of aromatic nitrogens is 2. The summed E-state index contributed by atoms with van der Waals surface area (Å²) in [5, 5.41) is 10.6. The molecule has 26 heavy (non-hydrogen) atoms. The number of aliphatic hydroxyl groups is 1. The van der Waals surface area contributed by atoms with E-state index in [2.05, 4.69) is 16.0 Å². The zero-order valence-electron chi connectivity index (χ0n) is 14.9. The van der Waals surface area contributed by atoms with Gasteiger partial charge in [-0.1, -0.05) is 29.8 Å². The van der Waals surface area contributed by atoms with Gasteiger partial charge in [0.05, 0.1) is 23.9 Å². The van der Waals surface area contributed by atoms with Crippen molar-refractivity contribution in [1.29, 1.82) is 0 Å². The van der Waals surface area contributed by atoms with Crippen LogP contribution in [0.15, 0.2) is 53.1 Å². The number of thioether (sulfide) groups is 1. The van der Waals surface area contributed by atoms with Gasteiger partial charge in [-0.3, -0.25) is 0 Å². The molecule has 0 fully saturated rings. The van der Waals surface area contributed by atoms with Crippen molar-refractivity contribution in [2.75, 3.05) is 12.9 Å². The minimum Gasteiger partial charge on any atom is -0.510 e. The number of methoxy groups -OCH3 is 1. The van der Waals surface area contributed by atoms with Crippen molar-refractivity contribution in [3.8, 4) is 0 Å². The molecule has 0 radical (unpaired) electrons. The molecule has 0 amide bonds. The Morgan fingerprint density at radius 2 is 2.00 bits per heavy atom. The average Bonchev–Trinajstić information content (AvgIpc) is 3.04. The molecular formula is C20H20N2O3S. The largest absolute Gasteiger partial charge is 0.510 e. The van der Waals surface area contributed by atoms with Crippen LogP contribution in [0.2, 0.25) is 0 Å². The van der Waals surface area contributed by atoms with Gasteiger partial charge in [-0.25, -0.2) is 9.78 Å². The summed E-state index contributed by atoms with van der Waals surface area (Å²) < 4.78 is 4.85. The Hall–Kier alpha value is -2.73. The molecule has 0 saturated carbocycles. The van der Waals surface area contributed by atoms with Crippen molar-refractivity contribution in [1.82, 2.24) is 9.97 Å². The summed E-state index contributed by atoms with van der Waals surface area (Å²) in [6.45, 7) is 4.06. The van der Waals surface area contributed by atoms with Crippen molar-refractivity contribution in [2.45, 2.75) is 18.7 Å². The summed E-state index contributed by atoms with van der Waals surface area (Å²) in [4.78, 5) is 20.8. The first-order valence-corrected chi connectivity index (χ1v) is 9.13. The minimum atomic E-state index is -0.622. The topological polar surface area (TPSA) is 75.2 Å². The lowest BCUT2D eigenvalue weighted by molar-refractivity contribution is -0.133. The fraction of sp³-hybridized carbons (Fsp3) is 0.200. The van der Waals surface area contributed by atoms with Gasteiger partial charge in [0.2, 0.25) is 0 Å². The molecule has 2 N–H and O–H groups in total. The van der Waals surface area contributed by atoms with Gasteiger partial charge in [0.1, 0.15) is 17.2 Å². The molecule has 0 aliphatic carbocycles. The second-order valence-electron chi connectivity index (χ2n) is 5.97. The van der Waals surface area contributed by atoms with Crippen molar-refractivity contribution >= 4 is 34.3 Å². The summed E-state index contributed by atoms with van der Waals surface area (Å²) >= 11 is 1.46.